The van der Waals surface area contributed by atoms with Gasteiger partial charge in [-0.3, -0.25) is 4.98 Å². The minimum Gasteiger partial charge on any atom is -0.370 e. The average molecular weight is 358 g/mol. The van der Waals surface area contributed by atoms with Crippen LogP contribution < -0.4 is 5.32 Å². The maximum atomic E-state index is 4.60. The number of fused-ring (bicyclic) bond motifs is 1. The van der Waals surface area contributed by atoms with Gasteiger partial charge >= 0.3 is 0 Å². The van der Waals surface area contributed by atoms with E-state index in [1.54, 1.807) is 0 Å². The minimum atomic E-state index is 0.522. The second-order valence-corrected chi connectivity index (χ2v) is 6.34. The molecule has 0 radical (unpaired) electrons. The molecule has 0 fully saturated rings. The molecule has 0 bridgehead atoms. The molecule has 0 spiro atoms. The van der Waals surface area contributed by atoms with E-state index >= 15 is 0 Å². The highest BCUT2D eigenvalue weighted by Crippen LogP contribution is 2.22. The number of hydrogen-bond acceptors (Lipinski definition) is 3. The molecule has 1 aliphatic rings. The van der Waals surface area contributed by atoms with E-state index in [2.05, 4.69) is 55.1 Å². The van der Waals surface area contributed by atoms with Crippen molar-refractivity contribution in [2.75, 3.05) is 11.9 Å². The summed E-state index contributed by atoms with van der Waals surface area (Å²) in [6, 6.07) is 10.4. The smallest absolute Gasteiger partial charge is 0.129 e. The minimum absolute atomic E-state index is 0.522. The Kier molecular flexibility index (Phi) is 13.2. The number of hydrogen-bond donors (Lipinski definition) is 1. The van der Waals surface area contributed by atoms with Crippen LogP contribution >= 0.6 is 0 Å². The van der Waals surface area contributed by atoms with Crippen molar-refractivity contribution in [3.8, 4) is 0 Å². The topological polar surface area (TPSA) is 37.8 Å². The fraction of sp³-hybridized carbons (Fsp3) is 0.565. The molecule has 0 unspecified atom stereocenters. The van der Waals surface area contributed by atoms with E-state index in [9.17, 15) is 0 Å². The molecule has 1 N–H and O–H groups in total. The van der Waals surface area contributed by atoms with E-state index in [0.717, 1.165) is 18.1 Å². The zero-order valence-corrected chi connectivity index (χ0v) is 18.1. The van der Waals surface area contributed by atoms with Crippen LogP contribution in [0.5, 0.6) is 0 Å². The van der Waals surface area contributed by atoms with E-state index in [4.69, 9.17) is 0 Å². The molecule has 3 nitrogen and oxygen atoms in total. The predicted octanol–water partition coefficient (Wildman–Crippen LogP) is 6.82. The zero-order chi connectivity index (χ0) is 19.9. The Labute approximate surface area is 161 Å². The summed E-state index contributed by atoms with van der Waals surface area (Å²) in [6.45, 7) is 17.7. The summed E-state index contributed by atoms with van der Waals surface area (Å²) in [7, 11) is 0. The Morgan fingerprint density at radius 2 is 1.50 bits per heavy atom. The molecule has 0 saturated heterocycles. The third kappa shape index (κ3) is 8.46. The van der Waals surface area contributed by atoms with Gasteiger partial charge in [0, 0.05) is 24.1 Å². The maximum absolute atomic E-state index is 4.60. The lowest BCUT2D eigenvalue weighted by atomic mass is 10.0. The molecule has 0 amide bonds. The van der Waals surface area contributed by atoms with Crippen LogP contribution in [-0.4, -0.2) is 16.5 Å². The van der Waals surface area contributed by atoms with Gasteiger partial charge in [-0.25, -0.2) is 4.98 Å². The standard InChI is InChI=1S/C11H16N2.C8H11N.2C2H6/c1-8(2)10-6-5-9-4-3-7-12-11(9)13-10;1-7(2)8-5-3-4-6-9-8;2*1-2/h5-6,8H,3-4,7H2,1-2H3,(H,12,13);3-7H,1-2H3;2*1-2H3. The van der Waals surface area contributed by atoms with E-state index in [1.165, 1.54) is 24.1 Å². The molecule has 1 aliphatic heterocycles. The fourth-order valence-electron chi connectivity index (χ4n) is 2.38. The first-order valence-corrected chi connectivity index (χ1v) is 10.2. The fourth-order valence-corrected chi connectivity index (χ4v) is 2.38. The molecule has 0 saturated carbocycles. The molecule has 0 aromatic carbocycles. The van der Waals surface area contributed by atoms with Gasteiger partial charge in [0.15, 0.2) is 0 Å². The maximum Gasteiger partial charge on any atom is 0.129 e. The summed E-state index contributed by atoms with van der Waals surface area (Å²) in [5.41, 5.74) is 3.72. The highest BCUT2D eigenvalue weighted by molar-refractivity contribution is 5.47. The molecule has 0 atom stereocenters. The summed E-state index contributed by atoms with van der Waals surface area (Å²) in [5.74, 6) is 2.18. The van der Waals surface area contributed by atoms with Gasteiger partial charge in [0.2, 0.25) is 0 Å². The Balaban J connectivity index is 0.000000422. The van der Waals surface area contributed by atoms with Crippen LogP contribution in [0.1, 0.15) is 90.6 Å². The number of aryl methyl sites for hydroxylation is 1. The molecule has 3 heterocycles. The van der Waals surface area contributed by atoms with Crippen molar-refractivity contribution in [3.05, 3.63) is 53.5 Å². The molecule has 3 heteroatoms. The van der Waals surface area contributed by atoms with Gasteiger partial charge in [0.25, 0.3) is 0 Å². The number of aromatic nitrogens is 2. The van der Waals surface area contributed by atoms with E-state index in [0.29, 0.717) is 11.8 Å². The van der Waals surface area contributed by atoms with Crippen LogP contribution in [0.4, 0.5) is 5.82 Å². The molecule has 146 valence electrons. The number of pyridine rings is 2. The molecule has 26 heavy (non-hydrogen) atoms. The Hall–Kier alpha value is -1.90. The number of nitrogens with one attached hydrogen (secondary N) is 1. The first kappa shape index (κ1) is 24.1. The van der Waals surface area contributed by atoms with Gasteiger partial charge in [-0.2, -0.15) is 0 Å². The van der Waals surface area contributed by atoms with Crippen molar-refractivity contribution < 1.29 is 0 Å². The Bertz CT molecular complexity index is 577. The third-order valence-electron chi connectivity index (χ3n) is 3.79. The summed E-state index contributed by atoms with van der Waals surface area (Å²) < 4.78 is 0. The SMILES string of the molecule is CC.CC.CC(C)c1ccc2c(n1)NCCC2.CC(C)c1ccccn1. The molecule has 2 aromatic heterocycles. The molecule has 2 aromatic rings. The summed E-state index contributed by atoms with van der Waals surface area (Å²) in [6.07, 6.45) is 4.23. The lowest BCUT2D eigenvalue weighted by Crippen LogP contribution is -2.14. The van der Waals surface area contributed by atoms with Crippen LogP contribution in [-0.2, 0) is 6.42 Å². The highest BCUT2D eigenvalue weighted by atomic mass is 15.0. The van der Waals surface area contributed by atoms with Crippen LogP contribution in [0, 0.1) is 0 Å². The monoisotopic (exact) mass is 357 g/mol. The summed E-state index contributed by atoms with van der Waals surface area (Å²) in [5, 5.41) is 3.35. The van der Waals surface area contributed by atoms with Crippen molar-refractivity contribution in [1.29, 1.82) is 0 Å². The largest absolute Gasteiger partial charge is 0.370 e. The van der Waals surface area contributed by atoms with Crippen molar-refractivity contribution in [2.45, 2.75) is 80.1 Å². The normalized spacial score (nSPS) is 11.6. The number of rotatable bonds is 2. The second kappa shape index (κ2) is 14.3. The first-order chi connectivity index (χ1) is 12.6. The van der Waals surface area contributed by atoms with Crippen LogP contribution in [0.2, 0.25) is 0 Å². The van der Waals surface area contributed by atoms with E-state index < -0.39 is 0 Å². The predicted molar refractivity (Wildman–Crippen MR) is 116 cm³/mol. The summed E-state index contributed by atoms with van der Waals surface area (Å²) >= 11 is 0. The van der Waals surface area contributed by atoms with Gasteiger partial charge < -0.3 is 5.32 Å². The first-order valence-electron chi connectivity index (χ1n) is 10.2. The Morgan fingerprint density at radius 1 is 0.846 bits per heavy atom. The van der Waals surface area contributed by atoms with Gasteiger partial charge in [-0.05, 0) is 48.4 Å². The highest BCUT2D eigenvalue weighted by Gasteiger charge is 2.11. The van der Waals surface area contributed by atoms with Gasteiger partial charge in [-0.15, -0.1) is 0 Å². The molecule has 3 rings (SSSR count). The van der Waals surface area contributed by atoms with Gasteiger partial charge in [0.05, 0.1) is 0 Å². The lowest BCUT2D eigenvalue weighted by molar-refractivity contribution is 0.783. The zero-order valence-electron chi connectivity index (χ0n) is 18.1. The number of nitrogens with zero attached hydrogens (tertiary/aromatic N) is 2. The molecular weight excluding hydrogens is 318 g/mol. The van der Waals surface area contributed by atoms with Crippen molar-refractivity contribution >= 4 is 5.82 Å². The molecular formula is C23H39N3. The quantitative estimate of drug-likeness (QED) is 0.640. The van der Waals surface area contributed by atoms with Crippen molar-refractivity contribution in [1.82, 2.24) is 9.97 Å². The average Bonchev–Trinajstić information content (AvgIpc) is 2.71. The van der Waals surface area contributed by atoms with E-state index in [-0.39, 0.29) is 0 Å². The van der Waals surface area contributed by atoms with Crippen LogP contribution in [0.25, 0.3) is 0 Å². The summed E-state index contributed by atoms with van der Waals surface area (Å²) in [4.78, 5) is 8.78. The third-order valence-corrected chi connectivity index (χ3v) is 3.79. The van der Waals surface area contributed by atoms with E-state index in [1.807, 2.05) is 52.1 Å². The second-order valence-electron chi connectivity index (χ2n) is 6.34. The van der Waals surface area contributed by atoms with Gasteiger partial charge in [0.1, 0.15) is 5.82 Å². The van der Waals surface area contributed by atoms with Crippen LogP contribution in [0.15, 0.2) is 36.5 Å². The Morgan fingerprint density at radius 3 is 2.00 bits per heavy atom. The lowest BCUT2D eigenvalue weighted by Gasteiger charge is -2.18. The van der Waals surface area contributed by atoms with Gasteiger partial charge in [-0.1, -0.05) is 67.5 Å². The number of anilines is 1. The molecule has 0 aliphatic carbocycles. The van der Waals surface area contributed by atoms with Crippen LogP contribution in [0.3, 0.4) is 0 Å². The van der Waals surface area contributed by atoms with Crippen molar-refractivity contribution in [3.63, 3.8) is 0 Å². The van der Waals surface area contributed by atoms with Crippen molar-refractivity contribution in [2.24, 2.45) is 0 Å².